The van der Waals surface area contributed by atoms with E-state index in [0.29, 0.717) is 29.1 Å². The van der Waals surface area contributed by atoms with E-state index in [4.69, 9.17) is 16.3 Å². The first-order chi connectivity index (χ1) is 13.8. The van der Waals surface area contributed by atoms with E-state index in [1.54, 1.807) is 25.1 Å². The third-order valence-corrected chi connectivity index (χ3v) is 6.74. The fraction of sp³-hybridized carbons (Fsp3) is 0.300. The molecule has 1 aliphatic rings. The topological polar surface area (TPSA) is 92.8 Å². The molecule has 1 fully saturated rings. The monoisotopic (exact) mass is 436 g/mol. The molecule has 154 valence electrons. The Hall–Kier alpha value is -2.42. The largest absolute Gasteiger partial charge is 0.462 e. The lowest BCUT2D eigenvalue weighted by molar-refractivity contribution is -0.119. The number of hydrogen-bond donors (Lipinski definition) is 1. The molecule has 1 saturated heterocycles. The normalized spacial score (nSPS) is 17.1. The zero-order valence-corrected chi connectivity index (χ0v) is 17.4. The number of benzene rings is 2. The van der Waals surface area contributed by atoms with E-state index < -0.39 is 27.9 Å². The van der Waals surface area contributed by atoms with Crippen molar-refractivity contribution in [3.63, 3.8) is 0 Å². The Bertz CT molecular complexity index is 1010. The number of anilines is 1. The first-order valence-electron chi connectivity index (χ1n) is 9.18. The fourth-order valence-electron chi connectivity index (χ4n) is 3.20. The molecule has 1 amide bonds. The number of halogens is 1. The first-order valence-corrected chi connectivity index (χ1v) is 11.0. The van der Waals surface area contributed by atoms with Crippen LogP contribution < -0.4 is 5.32 Å². The molecule has 2 aromatic rings. The number of hydrogen-bond acceptors (Lipinski definition) is 5. The standard InChI is InChI=1S/C20H21ClN2O5S/c1-2-28-20(25)14-5-3-6-16(13-14)22-19(24)18-7-4-12-23(18)29(26,27)17-10-8-15(21)9-11-17/h3,5-6,8-11,13,18H,2,4,7,12H2,1H3,(H,22,24)/t18-/m1/s1. The molecule has 29 heavy (non-hydrogen) atoms. The van der Waals surface area contributed by atoms with Gasteiger partial charge in [0.25, 0.3) is 0 Å². The fourth-order valence-corrected chi connectivity index (χ4v) is 4.98. The van der Waals surface area contributed by atoms with Crippen LogP contribution in [-0.4, -0.2) is 43.8 Å². The van der Waals surface area contributed by atoms with Crippen molar-refractivity contribution in [2.24, 2.45) is 0 Å². The summed E-state index contributed by atoms with van der Waals surface area (Å²) in [6.07, 6.45) is 0.990. The van der Waals surface area contributed by atoms with Gasteiger partial charge >= 0.3 is 5.97 Å². The Morgan fingerprint density at radius 3 is 2.62 bits per heavy atom. The molecule has 0 bridgehead atoms. The van der Waals surface area contributed by atoms with Crippen molar-refractivity contribution in [2.45, 2.75) is 30.7 Å². The number of rotatable bonds is 6. The molecule has 2 aromatic carbocycles. The Balaban J connectivity index is 1.78. The zero-order chi connectivity index (χ0) is 21.0. The molecule has 9 heteroatoms. The molecule has 0 aromatic heterocycles. The summed E-state index contributed by atoms with van der Waals surface area (Å²) in [5.41, 5.74) is 0.706. The van der Waals surface area contributed by atoms with Crippen LogP contribution in [0, 0.1) is 0 Å². The summed E-state index contributed by atoms with van der Waals surface area (Å²) in [7, 11) is -3.83. The maximum Gasteiger partial charge on any atom is 0.338 e. The van der Waals surface area contributed by atoms with Gasteiger partial charge in [0.2, 0.25) is 15.9 Å². The van der Waals surface area contributed by atoms with Crippen molar-refractivity contribution < 1.29 is 22.7 Å². The summed E-state index contributed by atoms with van der Waals surface area (Å²) < 4.78 is 32.1. The van der Waals surface area contributed by atoms with E-state index in [1.807, 2.05) is 0 Å². The molecule has 1 N–H and O–H groups in total. The van der Waals surface area contributed by atoms with E-state index in [2.05, 4.69) is 5.32 Å². The minimum atomic E-state index is -3.83. The van der Waals surface area contributed by atoms with Crippen LogP contribution in [0.3, 0.4) is 0 Å². The Labute approximate surface area is 174 Å². The van der Waals surface area contributed by atoms with Crippen LogP contribution in [0.25, 0.3) is 0 Å². The maximum atomic E-state index is 13.0. The average molecular weight is 437 g/mol. The highest BCUT2D eigenvalue weighted by Gasteiger charge is 2.39. The second-order valence-electron chi connectivity index (χ2n) is 6.52. The third-order valence-electron chi connectivity index (χ3n) is 4.57. The summed E-state index contributed by atoms with van der Waals surface area (Å²) in [4.78, 5) is 24.8. The van der Waals surface area contributed by atoms with Crippen molar-refractivity contribution in [1.82, 2.24) is 4.31 Å². The molecule has 0 radical (unpaired) electrons. The summed E-state index contributed by atoms with van der Waals surface area (Å²) >= 11 is 5.84. The first kappa shape index (κ1) is 21.3. The summed E-state index contributed by atoms with van der Waals surface area (Å²) in [5, 5.41) is 3.14. The number of esters is 1. The number of nitrogens with one attached hydrogen (secondary N) is 1. The SMILES string of the molecule is CCOC(=O)c1cccc(NC(=O)[C@H]2CCCN2S(=O)(=O)c2ccc(Cl)cc2)c1. The average Bonchev–Trinajstić information content (AvgIpc) is 3.20. The van der Waals surface area contributed by atoms with Crippen LogP contribution in [0.5, 0.6) is 0 Å². The van der Waals surface area contributed by atoms with E-state index >= 15 is 0 Å². The molecular weight excluding hydrogens is 416 g/mol. The maximum absolute atomic E-state index is 13.0. The van der Waals surface area contributed by atoms with E-state index in [9.17, 15) is 18.0 Å². The minimum absolute atomic E-state index is 0.0888. The van der Waals surface area contributed by atoms with E-state index in [-0.39, 0.29) is 18.0 Å². The van der Waals surface area contributed by atoms with Crippen molar-refractivity contribution in [3.8, 4) is 0 Å². The molecule has 1 heterocycles. The van der Waals surface area contributed by atoms with Crippen LogP contribution in [0.1, 0.15) is 30.1 Å². The van der Waals surface area contributed by atoms with Gasteiger partial charge in [-0.05, 0) is 62.2 Å². The molecule has 1 aliphatic heterocycles. The molecule has 0 saturated carbocycles. The summed E-state index contributed by atoms with van der Waals surface area (Å²) in [6.45, 7) is 2.21. The van der Waals surface area contributed by atoms with Gasteiger partial charge in [0, 0.05) is 17.3 Å². The molecule has 0 aliphatic carbocycles. The van der Waals surface area contributed by atoms with Gasteiger partial charge in [-0.3, -0.25) is 4.79 Å². The highest BCUT2D eigenvalue weighted by molar-refractivity contribution is 7.89. The van der Waals surface area contributed by atoms with Gasteiger partial charge in [-0.15, -0.1) is 0 Å². The lowest BCUT2D eigenvalue weighted by atomic mass is 10.2. The lowest BCUT2D eigenvalue weighted by Gasteiger charge is -2.23. The van der Waals surface area contributed by atoms with Crippen molar-refractivity contribution >= 4 is 39.2 Å². The molecule has 7 nitrogen and oxygen atoms in total. The molecule has 3 rings (SSSR count). The summed E-state index contributed by atoms with van der Waals surface area (Å²) in [5.74, 6) is -0.933. The Kier molecular flexibility index (Phi) is 6.56. The Morgan fingerprint density at radius 2 is 1.93 bits per heavy atom. The molecule has 1 atom stereocenters. The number of nitrogens with zero attached hydrogens (tertiary/aromatic N) is 1. The van der Waals surface area contributed by atoms with E-state index in [0.717, 1.165) is 0 Å². The molecule has 0 unspecified atom stereocenters. The molecular formula is C20H21ClN2O5S. The zero-order valence-electron chi connectivity index (χ0n) is 15.8. The number of carbonyl (C=O) groups excluding carboxylic acids is 2. The van der Waals surface area contributed by atoms with Crippen LogP contribution in [0.2, 0.25) is 5.02 Å². The second kappa shape index (κ2) is 8.94. The predicted octanol–water partition coefficient (Wildman–Crippen LogP) is 3.31. The van der Waals surface area contributed by atoms with Crippen LogP contribution >= 0.6 is 11.6 Å². The van der Waals surface area contributed by atoms with Crippen molar-refractivity contribution in [2.75, 3.05) is 18.5 Å². The van der Waals surface area contributed by atoms with Crippen LogP contribution in [-0.2, 0) is 19.6 Å². The van der Waals surface area contributed by atoms with E-state index in [1.165, 1.54) is 34.6 Å². The number of sulfonamides is 1. The van der Waals surface area contributed by atoms with Gasteiger partial charge < -0.3 is 10.1 Å². The smallest absolute Gasteiger partial charge is 0.338 e. The van der Waals surface area contributed by atoms with Crippen LogP contribution in [0.15, 0.2) is 53.4 Å². The van der Waals surface area contributed by atoms with Gasteiger partial charge in [0.15, 0.2) is 0 Å². The molecule has 0 spiro atoms. The number of ether oxygens (including phenoxy) is 1. The van der Waals surface area contributed by atoms with Crippen molar-refractivity contribution in [1.29, 1.82) is 0 Å². The third kappa shape index (κ3) is 4.77. The summed E-state index contributed by atoms with van der Waals surface area (Å²) in [6, 6.07) is 11.4. The Morgan fingerprint density at radius 1 is 1.21 bits per heavy atom. The van der Waals surface area contributed by atoms with Gasteiger partial charge in [-0.25, -0.2) is 13.2 Å². The number of carbonyl (C=O) groups is 2. The van der Waals surface area contributed by atoms with Gasteiger partial charge in [0.05, 0.1) is 17.1 Å². The lowest BCUT2D eigenvalue weighted by Crippen LogP contribution is -2.43. The quantitative estimate of drug-likeness (QED) is 0.701. The highest BCUT2D eigenvalue weighted by atomic mass is 35.5. The van der Waals surface area contributed by atoms with Gasteiger partial charge in [0.1, 0.15) is 6.04 Å². The second-order valence-corrected chi connectivity index (χ2v) is 8.85. The van der Waals surface area contributed by atoms with Crippen LogP contribution in [0.4, 0.5) is 5.69 Å². The predicted molar refractivity (Wildman–Crippen MR) is 109 cm³/mol. The minimum Gasteiger partial charge on any atom is -0.462 e. The van der Waals surface area contributed by atoms with Crippen molar-refractivity contribution in [3.05, 3.63) is 59.1 Å². The highest BCUT2D eigenvalue weighted by Crippen LogP contribution is 2.28. The van der Waals surface area contributed by atoms with Gasteiger partial charge in [-0.2, -0.15) is 4.31 Å². The van der Waals surface area contributed by atoms with Gasteiger partial charge in [-0.1, -0.05) is 17.7 Å². The number of amides is 1.